The van der Waals surface area contributed by atoms with Gasteiger partial charge in [0, 0.05) is 19.3 Å². The van der Waals surface area contributed by atoms with Crippen LogP contribution in [-0.2, 0) is 6.42 Å². The van der Waals surface area contributed by atoms with Crippen LogP contribution in [0.1, 0.15) is 18.4 Å². The molecule has 3 heterocycles. The van der Waals surface area contributed by atoms with Gasteiger partial charge in [-0.15, -0.1) is 0 Å². The molecule has 140 valence electrons. The molecule has 1 aromatic carbocycles. The van der Waals surface area contributed by atoms with Crippen molar-refractivity contribution in [2.75, 3.05) is 18.4 Å². The summed E-state index contributed by atoms with van der Waals surface area (Å²) in [5, 5.41) is 8.29. The average Bonchev–Trinajstić information content (AvgIpc) is 3.08. The Bertz CT molecular complexity index is 966. The van der Waals surface area contributed by atoms with Crippen molar-refractivity contribution < 1.29 is 4.79 Å². The number of benzene rings is 1. The van der Waals surface area contributed by atoms with E-state index in [1.807, 2.05) is 35.2 Å². The van der Waals surface area contributed by atoms with Crippen molar-refractivity contribution in [2.24, 2.45) is 5.92 Å². The minimum absolute atomic E-state index is 0.115. The van der Waals surface area contributed by atoms with E-state index in [0.29, 0.717) is 27.4 Å². The van der Waals surface area contributed by atoms with Gasteiger partial charge in [-0.2, -0.15) is 9.61 Å². The highest BCUT2D eigenvalue weighted by Crippen LogP contribution is 2.27. The summed E-state index contributed by atoms with van der Waals surface area (Å²) >= 11 is 12.1. The van der Waals surface area contributed by atoms with Crippen LogP contribution < -0.4 is 5.32 Å². The fourth-order valence-electron chi connectivity index (χ4n) is 3.44. The van der Waals surface area contributed by atoms with Gasteiger partial charge in [0.1, 0.15) is 0 Å². The lowest BCUT2D eigenvalue weighted by molar-refractivity contribution is 0.182. The minimum Gasteiger partial charge on any atom is -0.324 e. The lowest BCUT2D eigenvalue weighted by Crippen LogP contribution is -2.41. The maximum Gasteiger partial charge on any atom is 0.323 e. The fourth-order valence-corrected chi connectivity index (χ4v) is 3.76. The van der Waals surface area contributed by atoms with Crippen molar-refractivity contribution in [1.29, 1.82) is 0 Å². The predicted molar refractivity (Wildman–Crippen MR) is 106 cm³/mol. The van der Waals surface area contributed by atoms with E-state index < -0.39 is 0 Å². The summed E-state index contributed by atoms with van der Waals surface area (Å²) in [5.41, 5.74) is 1.89. The molecule has 0 radical (unpaired) electrons. The van der Waals surface area contributed by atoms with Crippen LogP contribution >= 0.6 is 23.2 Å². The van der Waals surface area contributed by atoms with Gasteiger partial charge in [0.15, 0.2) is 11.5 Å². The molecule has 3 aromatic rings. The second-order valence-corrected chi connectivity index (χ2v) is 7.56. The molecule has 2 amide bonds. The van der Waals surface area contributed by atoms with Crippen molar-refractivity contribution in [1.82, 2.24) is 19.5 Å². The van der Waals surface area contributed by atoms with Crippen LogP contribution in [0.3, 0.4) is 0 Å². The number of aromatic nitrogens is 3. The van der Waals surface area contributed by atoms with Crippen molar-refractivity contribution in [3.63, 3.8) is 0 Å². The summed E-state index contributed by atoms with van der Waals surface area (Å²) in [7, 11) is 0. The van der Waals surface area contributed by atoms with Crippen LogP contribution in [-0.4, -0.2) is 38.6 Å². The van der Waals surface area contributed by atoms with E-state index in [2.05, 4.69) is 15.4 Å². The van der Waals surface area contributed by atoms with Gasteiger partial charge in [0.05, 0.1) is 16.2 Å². The summed E-state index contributed by atoms with van der Waals surface area (Å²) in [6.07, 6.45) is 6.15. The summed E-state index contributed by atoms with van der Waals surface area (Å²) < 4.78 is 1.62. The monoisotopic (exact) mass is 403 g/mol. The molecule has 0 bridgehead atoms. The minimum atomic E-state index is -0.115. The van der Waals surface area contributed by atoms with E-state index >= 15 is 0 Å². The topological polar surface area (TPSA) is 62.5 Å². The summed E-state index contributed by atoms with van der Waals surface area (Å²) in [6, 6.07) is 9.33. The molecule has 0 unspecified atom stereocenters. The number of hydrogen-bond donors (Lipinski definition) is 1. The lowest BCUT2D eigenvalue weighted by Gasteiger charge is -2.32. The highest BCUT2D eigenvalue weighted by molar-refractivity contribution is 6.42. The first-order valence-corrected chi connectivity index (χ1v) is 9.64. The largest absolute Gasteiger partial charge is 0.324 e. The van der Waals surface area contributed by atoms with E-state index in [4.69, 9.17) is 23.2 Å². The van der Waals surface area contributed by atoms with Crippen LogP contribution in [0.2, 0.25) is 10.0 Å². The van der Waals surface area contributed by atoms with Gasteiger partial charge < -0.3 is 4.90 Å². The highest BCUT2D eigenvalue weighted by Gasteiger charge is 2.24. The number of urea groups is 1. The number of amides is 2. The molecule has 0 spiro atoms. The van der Waals surface area contributed by atoms with Gasteiger partial charge in [0.25, 0.3) is 0 Å². The number of nitrogens with one attached hydrogen (secondary N) is 1. The second-order valence-electron chi connectivity index (χ2n) is 6.75. The van der Waals surface area contributed by atoms with Gasteiger partial charge >= 0.3 is 6.03 Å². The maximum absolute atomic E-state index is 12.6. The molecule has 27 heavy (non-hydrogen) atoms. The lowest BCUT2D eigenvalue weighted by atomic mass is 9.90. The molecule has 0 saturated carbocycles. The molecule has 4 rings (SSSR count). The number of fused-ring (bicyclic) bond motifs is 1. The summed E-state index contributed by atoms with van der Waals surface area (Å²) in [4.78, 5) is 18.6. The van der Waals surface area contributed by atoms with E-state index in [9.17, 15) is 4.79 Å². The van der Waals surface area contributed by atoms with Crippen molar-refractivity contribution >= 4 is 40.7 Å². The Morgan fingerprint density at radius 2 is 2.00 bits per heavy atom. The molecule has 2 aromatic heterocycles. The third-order valence-electron chi connectivity index (χ3n) is 4.92. The molecule has 0 atom stereocenters. The third kappa shape index (κ3) is 4.01. The Hall–Kier alpha value is -2.31. The highest BCUT2D eigenvalue weighted by atomic mass is 35.5. The second kappa shape index (κ2) is 7.74. The van der Waals surface area contributed by atoms with E-state index in [0.717, 1.165) is 32.4 Å². The number of imidazole rings is 1. The molecule has 1 aliphatic rings. The first-order valence-electron chi connectivity index (χ1n) is 8.89. The number of carbonyl (C=O) groups is 1. The zero-order chi connectivity index (χ0) is 18.8. The average molecular weight is 404 g/mol. The number of hydrogen-bond acceptors (Lipinski definition) is 3. The third-order valence-corrected chi connectivity index (χ3v) is 5.66. The number of piperidine rings is 1. The molecule has 0 aliphatic carbocycles. The molecule has 1 fully saturated rings. The Morgan fingerprint density at radius 3 is 2.78 bits per heavy atom. The number of likely N-dealkylation sites (tertiary alicyclic amines) is 1. The first-order chi connectivity index (χ1) is 13.1. The smallest absolute Gasteiger partial charge is 0.323 e. The predicted octanol–water partition coefficient (Wildman–Crippen LogP) is 4.52. The van der Waals surface area contributed by atoms with Crippen molar-refractivity contribution in [3.8, 4) is 0 Å². The molecule has 8 heteroatoms. The SMILES string of the molecule is O=C(Nc1cnc2cccnn12)N1CCC(Cc2ccc(Cl)c(Cl)c2)CC1. The van der Waals surface area contributed by atoms with Gasteiger partial charge in [-0.1, -0.05) is 29.3 Å². The quantitative estimate of drug-likeness (QED) is 0.698. The number of carbonyl (C=O) groups excluding carboxylic acids is 1. The number of nitrogens with zero attached hydrogens (tertiary/aromatic N) is 4. The zero-order valence-corrected chi connectivity index (χ0v) is 16.1. The van der Waals surface area contributed by atoms with E-state index in [1.54, 1.807) is 16.9 Å². The normalized spacial score (nSPS) is 15.3. The van der Waals surface area contributed by atoms with Crippen LogP contribution in [0, 0.1) is 5.92 Å². The fraction of sp³-hybridized carbons (Fsp3) is 0.316. The number of rotatable bonds is 3. The summed E-state index contributed by atoms with van der Waals surface area (Å²) in [5.74, 6) is 1.11. The van der Waals surface area contributed by atoms with Crippen LogP contribution in [0.4, 0.5) is 10.6 Å². The van der Waals surface area contributed by atoms with Gasteiger partial charge in [0.2, 0.25) is 0 Å². The number of halogens is 2. The van der Waals surface area contributed by atoms with E-state index in [1.165, 1.54) is 5.56 Å². The van der Waals surface area contributed by atoms with E-state index in [-0.39, 0.29) is 6.03 Å². The Morgan fingerprint density at radius 1 is 1.19 bits per heavy atom. The number of anilines is 1. The summed E-state index contributed by atoms with van der Waals surface area (Å²) in [6.45, 7) is 1.45. The van der Waals surface area contributed by atoms with Crippen LogP contribution in [0.15, 0.2) is 42.7 Å². The van der Waals surface area contributed by atoms with Crippen molar-refractivity contribution in [2.45, 2.75) is 19.3 Å². The first kappa shape index (κ1) is 18.1. The molecule has 1 aliphatic heterocycles. The van der Waals surface area contributed by atoms with Gasteiger partial charge in [-0.3, -0.25) is 5.32 Å². The van der Waals surface area contributed by atoms with Crippen molar-refractivity contribution in [3.05, 3.63) is 58.3 Å². The Kier molecular flexibility index (Phi) is 5.18. The van der Waals surface area contributed by atoms with Crippen LogP contribution in [0.25, 0.3) is 5.65 Å². The van der Waals surface area contributed by atoms with Gasteiger partial charge in [-0.25, -0.2) is 9.78 Å². The zero-order valence-electron chi connectivity index (χ0n) is 14.6. The molecular weight excluding hydrogens is 385 g/mol. The molecule has 1 saturated heterocycles. The molecule has 1 N–H and O–H groups in total. The Balaban J connectivity index is 1.33. The molecule has 6 nitrogen and oxygen atoms in total. The van der Waals surface area contributed by atoms with Crippen LogP contribution in [0.5, 0.6) is 0 Å². The standard InChI is InChI=1S/C19H19Cl2N5O/c20-15-4-3-14(11-16(15)21)10-13-5-8-25(9-6-13)19(27)24-18-12-22-17-2-1-7-23-26(17)18/h1-4,7,11-13H,5-6,8-10H2,(H,24,27). The maximum atomic E-state index is 12.6. The Labute approximate surface area is 167 Å². The van der Waals surface area contributed by atoms with Gasteiger partial charge in [-0.05, 0) is 55.0 Å². The molecular formula is C19H19Cl2N5O.